The third kappa shape index (κ3) is 4.58. The third-order valence-corrected chi connectivity index (χ3v) is 9.34. The largest absolute Gasteiger partial charge is 0.0622 e. The van der Waals surface area contributed by atoms with Crippen LogP contribution in [-0.2, 0) is 0 Å². The summed E-state index contributed by atoms with van der Waals surface area (Å²) in [5.41, 5.74) is 9.74. The van der Waals surface area contributed by atoms with Gasteiger partial charge in [-0.3, -0.25) is 0 Å². The minimum Gasteiger partial charge on any atom is -0.0622 e. The zero-order valence-corrected chi connectivity index (χ0v) is 24.8. The average Bonchev–Trinajstić information content (AvgIpc) is 3.04. The molecular formula is C38H24Br2. The van der Waals surface area contributed by atoms with Crippen molar-refractivity contribution in [1.29, 1.82) is 0 Å². The molecule has 0 amide bonds. The first-order valence-corrected chi connectivity index (χ1v) is 14.9. The Kier molecular flexibility index (Phi) is 6.59. The van der Waals surface area contributed by atoms with Gasteiger partial charge in [0.15, 0.2) is 0 Å². The van der Waals surface area contributed by atoms with Gasteiger partial charge in [-0.15, -0.1) is 0 Å². The van der Waals surface area contributed by atoms with E-state index < -0.39 is 0 Å². The molecule has 0 saturated heterocycles. The smallest absolute Gasteiger partial charge is 0.0333 e. The van der Waals surface area contributed by atoms with E-state index in [1.54, 1.807) is 0 Å². The van der Waals surface area contributed by atoms with E-state index in [1.165, 1.54) is 66.1 Å². The zero-order chi connectivity index (χ0) is 27.1. The summed E-state index contributed by atoms with van der Waals surface area (Å²) in [6, 6.07) is 52.1. The molecule has 0 saturated carbocycles. The SMILES string of the molecule is Brc1c2ccc(-c3ccc(-c4ccccc4)cc3)cc2c(Br)c2ccc(-c3ccc(-c4ccccc4)cc3)cc12. The van der Waals surface area contributed by atoms with E-state index in [0.29, 0.717) is 0 Å². The number of halogens is 2. The topological polar surface area (TPSA) is 0 Å². The monoisotopic (exact) mass is 638 g/mol. The first-order chi connectivity index (χ1) is 19.7. The average molecular weight is 640 g/mol. The fourth-order valence-corrected chi connectivity index (χ4v) is 6.80. The van der Waals surface area contributed by atoms with E-state index in [1.807, 2.05) is 0 Å². The standard InChI is InChI=1S/C38H24Br2/c39-37-34-22-20-32(30-17-13-28(14-18-30)26-9-5-2-6-10-26)24-36(34)38(40)33-21-19-31(23-35(33)37)29-15-11-27(12-16-29)25-7-3-1-4-8-25/h1-24H. The van der Waals surface area contributed by atoms with Crippen molar-refractivity contribution in [3.63, 3.8) is 0 Å². The summed E-state index contributed by atoms with van der Waals surface area (Å²) in [5, 5.41) is 4.79. The Labute approximate surface area is 251 Å². The van der Waals surface area contributed by atoms with Crippen LogP contribution in [0.3, 0.4) is 0 Å². The quantitative estimate of drug-likeness (QED) is 0.168. The predicted octanol–water partition coefficient (Wildman–Crippen LogP) is 12.2. The fourth-order valence-electron chi connectivity index (χ4n) is 5.46. The third-order valence-electron chi connectivity index (χ3n) is 7.64. The van der Waals surface area contributed by atoms with Crippen molar-refractivity contribution in [2.75, 3.05) is 0 Å². The fraction of sp³-hybridized carbons (Fsp3) is 0. The van der Waals surface area contributed by atoms with E-state index in [-0.39, 0.29) is 0 Å². The van der Waals surface area contributed by atoms with Crippen molar-refractivity contribution >= 4 is 53.4 Å². The minimum atomic E-state index is 1.12. The molecule has 0 aliphatic rings. The van der Waals surface area contributed by atoms with Crippen molar-refractivity contribution in [3.05, 3.63) is 155 Å². The lowest BCUT2D eigenvalue weighted by atomic mass is 9.95. The number of fused-ring (bicyclic) bond motifs is 2. The summed E-state index contributed by atoms with van der Waals surface area (Å²) in [5.74, 6) is 0. The zero-order valence-electron chi connectivity index (χ0n) is 21.6. The molecule has 7 aromatic rings. The highest BCUT2D eigenvalue weighted by Crippen LogP contribution is 2.42. The molecule has 0 radical (unpaired) electrons. The first kappa shape index (κ1) is 25.0. The Balaban J connectivity index is 1.26. The molecule has 0 bridgehead atoms. The molecule has 0 unspecified atom stereocenters. The van der Waals surface area contributed by atoms with Gasteiger partial charge in [0.2, 0.25) is 0 Å². The van der Waals surface area contributed by atoms with E-state index in [4.69, 9.17) is 0 Å². The Bertz CT molecular complexity index is 1830. The molecule has 190 valence electrons. The molecule has 0 N–H and O–H groups in total. The molecule has 7 aromatic carbocycles. The van der Waals surface area contributed by atoms with Crippen molar-refractivity contribution in [2.45, 2.75) is 0 Å². The molecule has 0 fully saturated rings. The summed E-state index contributed by atoms with van der Waals surface area (Å²) in [7, 11) is 0. The lowest BCUT2D eigenvalue weighted by Gasteiger charge is -2.14. The molecule has 40 heavy (non-hydrogen) atoms. The Morgan fingerprint density at radius 1 is 0.250 bits per heavy atom. The van der Waals surface area contributed by atoms with E-state index in [2.05, 4.69) is 177 Å². The molecular weight excluding hydrogens is 616 g/mol. The molecule has 0 aliphatic heterocycles. The Morgan fingerprint density at radius 2 is 0.525 bits per heavy atom. The first-order valence-electron chi connectivity index (χ1n) is 13.3. The molecule has 0 nitrogen and oxygen atoms in total. The highest BCUT2D eigenvalue weighted by molar-refractivity contribution is 9.11. The second-order valence-electron chi connectivity index (χ2n) is 10.0. The van der Waals surface area contributed by atoms with Crippen LogP contribution in [0.15, 0.2) is 155 Å². The summed E-state index contributed by atoms with van der Waals surface area (Å²) in [6.45, 7) is 0. The van der Waals surface area contributed by atoms with Crippen molar-refractivity contribution in [1.82, 2.24) is 0 Å². The van der Waals surface area contributed by atoms with Crippen LogP contribution in [0.25, 0.3) is 66.1 Å². The maximum atomic E-state index is 3.96. The van der Waals surface area contributed by atoms with Crippen molar-refractivity contribution in [3.8, 4) is 44.5 Å². The predicted molar refractivity (Wildman–Crippen MR) is 179 cm³/mol. The summed E-state index contributed by atoms with van der Waals surface area (Å²) in [6.07, 6.45) is 0. The summed E-state index contributed by atoms with van der Waals surface area (Å²) in [4.78, 5) is 0. The van der Waals surface area contributed by atoms with Crippen LogP contribution in [0, 0.1) is 0 Å². The molecule has 2 heteroatoms. The van der Waals surface area contributed by atoms with Crippen LogP contribution in [0.4, 0.5) is 0 Å². The molecule has 7 rings (SSSR count). The van der Waals surface area contributed by atoms with E-state index >= 15 is 0 Å². The molecule has 0 aliphatic carbocycles. The van der Waals surface area contributed by atoms with Gasteiger partial charge in [-0.05, 0) is 110 Å². The van der Waals surface area contributed by atoms with E-state index in [9.17, 15) is 0 Å². The summed E-state index contributed by atoms with van der Waals surface area (Å²) < 4.78 is 2.24. The van der Waals surface area contributed by atoms with Gasteiger partial charge < -0.3 is 0 Å². The van der Waals surface area contributed by atoms with Crippen LogP contribution in [0.1, 0.15) is 0 Å². The lowest BCUT2D eigenvalue weighted by Crippen LogP contribution is -1.87. The van der Waals surface area contributed by atoms with E-state index in [0.717, 1.165) is 8.95 Å². The maximum absolute atomic E-state index is 3.96. The number of benzene rings is 7. The van der Waals surface area contributed by atoms with Crippen LogP contribution >= 0.6 is 31.9 Å². The maximum Gasteiger partial charge on any atom is 0.0333 e. The van der Waals surface area contributed by atoms with Gasteiger partial charge in [0.25, 0.3) is 0 Å². The van der Waals surface area contributed by atoms with Gasteiger partial charge in [0.1, 0.15) is 0 Å². The summed E-state index contributed by atoms with van der Waals surface area (Å²) >= 11 is 7.92. The van der Waals surface area contributed by atoms with Crippen LogP contribution in [0.2, 0.25) is 0 Å². The van der Waals surface area contributed by atoms with Gasteiger partial charge in [0, 0.05) is 8.95 Å². The molecule has 0 spiro atoms. The normalized spacial score (nSPS) is 11.2. The second-order valence-corrected chi connectivity index (χ2v) is 11.6. The van der Waals surface area contributed by atoms with Crippen molar-refractivity contribution in [2.24, 2.45) is 0 Å². The molecule has 0 heterocycles. The number of hydrogen-bond acceptors (Lipinski definition) is 0. The lowest BCUT2D eigenvalue weighted by molar-refractivity contribution is 1.59. The highest BCUT2D eigenvalue weighted by atomic mass is 79.9. The van der Waals surface area contributed by atoms with Crippen LogP contribution < -0.4 is 0 Å². The highest BCUT2D eigenvalue weighted by Gasteiger charge is 2.13. The van der Waals surface area contributed by atoms with Crippen LogP contribution in [0.5, 0.6) is 0 Å². The Hall–Kier alpha value is -3.98. The number of rotatable bonds is 4. The van der Waals surface area contributed by atoms with Gasteiger partial charge in [-0.25, -0.2) is 0 Å². The minimum absolute atomic E-state index is 1.12. The number of hydrogen-bond donors (Lipinski definition) is 0. The molecule has 0 atom stereocenters. The Morgan fingerprint density at radius 3 is 0.875 bits per heavy atom. The van der Waals surface area contributed by atoms with Gasteiger partial charge >= 0.3 is 0 Å². The molecule has 0 aromatic heterocycles. The van der Waals surface area contributed by atoms with Gasteiger partial charge in [-0.1, -0.05) is 133 Å². The van der Waals surface area contributed by atoms with Gasteiger partial charge in [0.05, 0.1) is 0 Å². The van der Waals surface area contributed by atoms with Crippen molar-refractivity contribution < 1.29 is 0 Å². The van der Waals surface area contributed by atoms with Crippen LogP contribution in [-0.4, -0.2) is 0 Å². The second kappa shape index (κ2) is 10.5. The van der Waals surface area contributed by atoms with Gasteiger partial charge in [-0.2, -0.15) is 0 Å².